The fourth-order valence-electron chi connectivity index (χ4n) is 1.43. The van der Waals surface area contributed by atoms with E-state index in [0.29, 0.717) is 5.92 Å². The van der Waals surface area contributed by atoms with Gasteiger partial charge in [0, 0.05) is 25.9 Å². The molecule has 0 fully saturated rings. The molecule has 0 aliphatic rings. The van der Waals surface area contributed by atoms with Gasteiger partial charge in [-0.15, -0.1) is 0 Å². The number of hydrogen-bond donors (Lipinski definition) is 1. The van der Waals surface area contributed by atoms with Gasteiger partial charge in [0.1, 0.15) is 0 Å². The maximum Gasteiger partial charge on any atom is 0.0949 e. The lowest BCUT2D eigenvalue weighted by Gasteiger charge is -2.10. The summed E-state index contributed by atoms with van der Waals surface area (Å²) in [7, 11) is 0. The highest BCUT2D eigenvalue weighted by molar-refractivity contribution is 4.97. The van der Waals surface area contributed by atoms with Gasteiger partial charge in [-0.05, 0) is 12.5 Å². The predicted molar refractivity (Wildman–Crippen MR) is 65.3 cm³/mol. The second-order valence-corrected chi connectivity index (χ2v) is 4.33. The number of ether oxygens (including phenoxy) is 1. The van der Waals surface area contributed by atoms with Gasteiger partial charge in [0.15, 0.2) is 0 Å². The molecule has 0 amide bonds. The molecule has 0 unspecified atom stereocenters. The Bertz CT molecular complexity index is 284. The zero-order valence-electron chi connectivity index (χ0n) is 10.6. The van der Waals surface area contributed by atoms with Crippen molar-refractivity contribution >= 4 is 0 Å². The Labute approximate surface area is 98.0 Å². The van der Waals surface area contributed by atoms with Gasteiger partial charge in [0.2, 0.25) is 0 Å². The van der Waals surface area contributed by atoms with Crippen LogP contribution in [-0.4, -0.2) is 29.3 Å². The van der Waals surface area contributed by atoms with Crippen LogP contribution in [0.3, 0.4) is 0 Å². The van der Waals surface area contributed by atoms with Crippen LogP contribution in [0.5, 0.6) is 0 Å². The quantitative estimate of drug-likeness (QED) is 0.684. The van der Waals surface area contributed by atoms with Crippen LogP contribution in [0.4, 0.5) is 0 Å². The molecule has 0 aromatic carbocycles. The van der Waals surface area contributed by atoms with E-state index in [1.807, 2.05) is 12.5 Å². The molecule has 0 atom stereocenters. The minimum atomic E-state index is 0.601. The molecular weight excluding hydrogens is 202 g/mol. The Balaban J connectivity index is 2.27. The minimum Gasteiger partial charge on any atom is -0.379 e. The van der Waals surface area contributed by atoms with E-state index < -0.39 is 0 Å². The summed E-state index contributed by atoms with van der Waals surface area (Å²) in [6.45, 7) is 10.8. The lowest BCUT2D eigenvalue weighted by molar-refractivity contribution is 0.102. The molecule has 4 nitrogen and oxygen atoms in total. The smallest absolute Gasteiger partial charge is 0.0949 e. The highest BCUT2D eigenvalue weighted by atomic mass is 16.5. The summed E-state index contributed by atoms with van der Waals surface area (Å²) in [6, 6.07) is 0. The molecule has 1 aromatic rings. The van der Waals surface area contributed by atoms with E-state index in [9.17, 15) is 0 Å². The van der Waals surface area contributed by atoms with Crippen molar-refractivity contribution in [3.63, 3.8) is 0 Å². The molecule has 0 spiro atoms. The zero-order valence-corrected chi connectivity index (χ0v) is 10.6. The zero-order chi connectivity index (χ0) is 11.8. The van der Waals surface area contributed by atoms with Gasteiger partial charge in [-0.1, -0.05) is 20.8 Å². The maximum absolute atomic E-state index is 5.56. The average molecular weight is 225 g/mol. The van der Waals surface area contributed by atoms with E-state index >= 15 is 0 Å². The first-order valence-corrected chi connectivity index (χ1v) is 6.01. The molecule has 1 heterocycles. The Morgan fingerprint density at radius 2 is 2.31 bits per heavy atom. The van der Waals surface area contributed by atoms with Crippen LogP contribution in [0, 0.1) is 5.92 Å². The van der Waals surface area contributed by atoms with Gasteiger partial charge in [-0.25, -0.2) is 4.98 Å². The summed E-state index contributed by atoms with van der Waals surface area (Å²) in [4.78, 5) is 4.16. The number of imidazole rings is 1. The molecule has 1 aromatic heterocycles. The molecule has 1 N–H and O–H groups in total. The van der Waals surface area contributed by atoms with Crippen LogP contribution in [-0.2, 0) is 17.8 Å². The van der Waals surface area contributed by atoms with E-state index in [1.165, 1.54) is 5.69 Å². The van der Waals surface area contributed by atoms with E-state index in [0.717, 1.165) is 32.8 Å². The molecule has 0 aliphatic heterocycles. The highest BCUT2D eigenvalue weighted by Crippen LogP contribution is 2.00. The second-order valence-electron chi connectivity index (χ2n) is 4.33. The molecule has 16 heavy (non-hydrogen) atoms. The van der Waals surface area contributed by atoms with Crippen LogP contribution in [0.25, 0.3) is 0 Å². The number of hydrogen-bond acceptors (Lipinski definition) is 3. The maximum atomic E-state index is 5.56. The lowest BCUT2D eigenvalue weighted by atomic mass is 10.2. The van der Waals surface area contributed by atoms with Crippen molar-refractivity contribution in [3.8, 4) is 0 Å². The van der Waals surface area contributed by atoms with Crippen LogP contribution in [0.15, 0.2) is 12.5 Å². The molecule has 0 saturated carbocycles. The molecule has 4 heteroatoms. The molecule has 1 rings (SSSR count). The standard InChI is InChI=1S/C12H23N3O/c1-4-13-7-12-8-14-10-15(12)5-6-16-9-11(2)3/h8,10-11,13H,4-7,9H2,1-3H3. The summed E-state index contributed by atoms with van der Waals surface area (Å²) in [5, 5.41) is 3.30. The van der Waals surface area contributed by atoms with Crippen LogP contribution in [0.2, 0.25) is 0 Å². The molecule has 0 aliphatic carbocycles. The van der Waals surface area contributed by atoms with Crippen molar-refractivity contribution < 1.29 is 4.74 Å². The van der Waals surface area contributed by atoms with Gasteiger partial charge in [-0.3, -0.25) is 0 Å². The Morgan fingerprint density at radius 1 is 1.50 bits per heavy atom. The van der Waals surface area contributed by atoms with Gasteiger partial charge < -0.3 is 14.6 Å². The van der Waals surface area contributed by atoms with Crippen molar-refractivity contribution in [3.05, 3.63) is 18.2 Å². The van der Waals surface area contributed by atoms with Crippen molar-refractivity contribution in [2.24, 2.45) is 5.92 Å². The first-order chi connectivity index (χ1) is 7.74. The number of rotatable bonds is 8. The number of nitrogens with one attached hydrogen (secondary N) is 1. The lowest BCUT2D eigenvalue weighted by Crippen LogP contribution is -2.17. The predicted octanol–water partition coefficient (Wildman–Crippen LogP) is 1.67. The first kappa shape index (κ1) is 13.2. The van der Waals surface area contributed by atoms with Crippen molar-refractivity contribution in [2.45, 2.75) is 33.9 Å². The summed E-state index contributed by atoms with van der Waals surface area (Å²) in [5.41, 5.74) is 1.22. The minimum absolute atomic E-state index is 0.601. The third-order valence-electron chi connectivity index (χ3n) is 2.28. The van der Waals surface area contributed by atoms with Crippen LogP contribution >= 0.6 is 0 Å². The SMILES string of the molecule is CCNCc1cncn1CCOCC(C)C. The van der Waals surface area contributed by atoms with Gasteiger partial charge >= 0.3 is 0 Å². The molecular formula is C12H23N3O. The fraction of sp³-hybridized carbons (Fsp3) is 0.750. The second kappa shape index (κ2) is 7.41. The molecule has 0 saturated heterocycles. The number of nitrogens with zero attached hydrogens (tertiary/aromatic N) is 2. The largest absolute Gasteiger partial charge is 0.379 e. The Kier molecular flexibility index (Phi) is 6.11. The Morgan fingerprint density at radius 3 is 3.00 bits per heavy atom. The summed E-state index contributed by atoms with van der Waals surface area (Å²) in [5.74, 6) is 0.601. The topological polar surface area (TPSA) is 39.1 Å². The summed E-state index contributed by atoms with van der Waals surface area (Å²) >= 11 is 0. The van der Waals surface area contributed by atoms with Crippen LogP contribution < -0.4 is 5.32 Å². The fourth-order valence-corrected chi connectivity index (χ4v) is 1.43. The van der Waals surface area contributed by atoms with Crippen molar-refractivity contribution in [1.82, 2.24) is 14.9 Å². The van der Waals surface area contributed by atoms with E-state index in [1.54, 1.807) is 0 Å². The summed E-state index contributed by atoms with van der Waals surface area (Å²) < 4.78 is 7.70. The molecule has 92 valence electrons. The molecule has 0 radical (unpaired) electrons. The normalized spacial score (nSPS) is 11.2. The summed E-state index contributed by atoms with van der Waals surface area (Å²) in [6.07, 6.45) is 3.77. The third kappa shape index (κ3) is 4.77. The van der Waals surface area contributed by atoms with E-state index in [2.05, 4.69) is 35.6 Å². The van der Waals surface area contributed by atoms with Crippen LogP contribution in [0.1, 0.15) is 26.5 Å². The Hall–Kier alpha value is -0.870. The average Bonchev–Trinajstić information content (AvgIpc) is 2.69. The van der Waals surface area contributed by atoms with Gasteiger partial charge in [0.25, 0.3) is 0 Å². The van der Waals surface area contributed by atoms with Gasteiger partial charge in [-0.2, -0.15) is 0 Å². The monoisotopic (exact) mass is 225 g/mol. The van der Waals surface area contributed by atoms with Gasteiger partial charge in [0.05, 0.1) is 18.6 Å². The van der Waals surface area contributed by atoms with Crippen molar-refractivity contribution in [2.75, 3.05) is 19.8 Å². The van der Waals surface area contributed by atoms with E-state index in [-0.39, 0.29) is 0 Å². The number of aromatic nitrogens is 2. The van der Waals surface area contributed by atoms with E-state index in [4.69, 9.17) is 4.74 Å². The highest BCUT2D eigenvalue weighted by Gasteiger charge is 2.01. The third-order valence-corrected chi connectivity index (χ3v) is 2.28. The first-order valence-electron chi connectivity index (χ1n) is 6.01. The molecule has 0 bridgehead atoms. The van der Waals surface area contributed by atoms with Crippen molar-refractivity contribution in [1.29, 1.82) is 0 Å².